The average molecular weight is 278 g/mol. The lowest BCUT2D eigenvalue weighted by Crippen LogP contribution is -2.00. The van der Waals surface area contributed by atoms with E-state index in [2.05, 4.69) is 26.0 Å². The van der Waals surface area contributed by atoms with E-state index in [9.17, 15) is 0 Å². The normalized spacial score (nSPS) is 10.1. The van der Waals surface area contributed by atoms with Crippen LogP contribution in [0.25, 0.3) is 5.69 Å². The van der Waals surface area contributed by atoms with Gasteiger partial charge in [-0.1, -0.05) is 6.07 Å². The fraction of sp³-hybridized carbons (Fsp3) is 0.100. The predicted octanol–water partition coefficient (Wildman–Crippen LogP) is 1.36. The third-order valence-electron chi connectivity index (χ3n) is 2.09. The largest absolute Gasteiger partial charge is 0.326 e. The fourth-order valence-electron chi connectivity index (χ4n) is 1.29. The summed E-state index contributed by atoms with van der Waals surface area (Å²) < 4.78 is 2.41. The molecule has 2 aromatic rings. The van der Waals surface area contributed by atoms with Gasteiger partial charge in [0.2, 0.25) is 0 Å². The van der Waals surface area contributed by atoms with Crippen molar-refractivity contribution >= 4 is 15.9 Å². The maximum absolute atomic E-state index is 8.63. The van der Waals surface area contributed by atoms with Crippen molar-refractivity contribution in [3.05, 3.63) is 40.4 Å². The molecule has 1 aromatic heterocycles. The molecule has 0 saturated heterocycles. The Morgan fingerprint density at radius 2 is 2.31 bits per heavy atom. The highest BCUT2D eigenvalue weighted by atomic mass is 79.9. The molecule has 0 saturated carbocycles. The second-order valence-electron chi connectivity index (χ2n) is 3.11. The Morgan fingerprint density at radius 1 is 1.50 bits per heavy atom. The van der Waals surface area contributed by atoms with Gasteiger partial charge < -0.3 is 5.73 Å². The first-order chi connectivity index (χ1) is 7.74. The molecule has 2 rings (SSSR count). The number of halogens is 1. The molecule has 0 aliphatic heterocycles. The van der Waals surface area contributed by atoms with Crippen LogP contribution >= 0.6 is 15.9 Å². The minimum Gasteiger partial charge on any atom is -0.326 e. The van der Waals surface area contributed by atoms with E-state index in [0.717, 1.165) is 15.7 Å². The third-order valence-corrected chi connectivity index (χ3v) is 2.72. The highest BCUT2D eigenvalue weighted by Gasteiger charge is 2.06. The van der Waals surface area contributed by atoms with Crippen molar-refractivity contribution in [3.63, 3.8) is 0 Å². The zero-order valence-electron chi connectivity index (χ0n) is 8.26. The summed E-state index contributed by atoms with van der Waals surface area (Å²) in [6.45, 7) is 0.486. The highest BCUT2D eigenvalue weighted by Crippen LogP contribution is 2.21. The molecule has 80 valence electrons. The molecule has 0 atom stereocenters. The molecular formula is C10H8BrN5. The Kier molecular flexibility index (Phi) is 2.99. The summed E-state index contributed by atoms with van der Waals surface area (Å²) >= 11 is 3.43. The maximum atomic E-state index is 8.63. The third kappa shape index (κ3) is 1.96. The monoisotopic (exact) mass is 277 g/mol. The molecule has 16 heavy (non-hydrogen) atoms. The number of aromatic nitrogens is 3. The van der Waals surface area contributed by atoms with Crippen LogP contribution in [0, 0.1) is 11.3 Å². The average Bonchev–Trinajstić information content (AvgIpc) is 2.77. The van der Waals surface area contributed by atoms with Crippen LogP contribution in [0.5, 0.6) is 0 Å². The molecule has 1 aromatic carbocycles. The second-order valence-corrected chi connectivity index (χ2v) is 3.97. The van der Waals surface area contributed by atoms with Crippen LogP contribution in [0.15, 0.2) is 29.0 Å². The molecule has 5 nitrogen and oxygen atoms in total. The minimum absolute atomic E-state index is 0.148. The van der Waals surface area contributed by atoms with Crippen LogP contribution in [0.2, 0.25) is 0 Å². The first-order valence-corrected chi connectivity index (χ1v) is 5.34. The van der Waals surface area contributed by atoms with E-state index in [-0.39, 0.29) is 5.82 Å². The molecule has 0 amide bonds. The molecule has 6 heteroatoms. The van der Waals surface area contributed by atoms with Gasteiger partial charge in [0, 0.05) is 11.0 Å². The van der Waals surface area contributed by atoms with Crippen molar-refractivity contribution in [2.24, 2.45) is 5.73 Å². The van der Waals surface area contributed by atoms with Gasteiger partial charge in [-0.3, -0.25) is 0 Å². The number of nitrogens with zero attached hydrogens (tertiary/aromatic N) is 4. The first kappa shape index (κ1) is 10.8. The fourth-order valence-corrected chi connectivity index (χ4v) is 1.90. The maximum Gasteiger partial charge on any atom is 0.252 e. The van der Waals surface area contributed by atoms with E-state index in [1.54, 1.807) is 4.68 Å². The lowest BCUT2D eigenvalue weighted by molar-refractivity contribution is 0.866. The van der Waals surface area contributed by atoms with E-state index < -0.39 is 0 Å². The summed E-state index contributed by atoms with van der Waals surface area (Å²) in [6.07, 6.45) is 1.50. The Labute approximate surface area is 101 Å². The van der Waals surface area contributed by atoms with Crippen molar-refractivity contribution in [2.45, 2.75) is 6.54 Å². The SMILES string of the molecule is N#Cc1ncn(-c2ccc(CN)cc2Br)n1. The van der Waals surface area contributed by atoms with Gasteiger partial charge >= 0.3 is 0 Å². The Hall–Kier alpha value is -1.71. The molecule has 0 spiro atoms. The predicted molar refractivity (Wildman–Crippen MR) is 61.7 cm³/mol. The first-order valence-electron chi connectivity index (χ1n) is 4.55. The number of nitrogens with two attached hydrogens (primary N) is 1. The van der Waals surface area contributed by atoms with Crippen LogP contribution < -0.4 is 5.73 Å². The lowest BCUT2D eigenvalue weighted by atomic mass is 10.2. The molecule has 0 fully saturated rings. The molecule has 0 radical (unpaired) electrons. The second kappa shape index (κ2) is 4.43. The molecule has 1 heterocycles. The molecule has 0 aliphatic rings. The molecule has 2 N–H and O–H groups in total. The zero-order valence-corrected chi connectivity index (χ0v) is 9.85. The van der Waals surface area contributed by atoms with Gasteiger partial charge in [-0.15, -0.1) is 5.10 Å². The Morgan fingerprint density at radius 3 is 2.88 bits per heavy atom. The van der Waals surface area contributed by atoms with Gasteiger partial charge in [0.15, 0.2) is 0 Å². The van der Waals surface area contributed by atoms with E-state index in [1.165, 1.54) is 6.33 Å². The quantitative estimate of drug-likeness (QED) is 0.899. The van der Waals surface area contributed by atoms with E-state index in [1.807, 2.05) is 24.3 Å². The van der Waals surface area contributed by atoms with Crippen LogP contribution in [0.4, 0.5) is 0 Å². The molecular weight excluding hydrogens is 270 g/mol. The van der Waals surface area contributed by atoms with Crippen LogP contribution in [0.1, 0.15) is 11.4 Å². The number of hydrogen-bond donors (Lipinski definition) is 1. The van der Waals surface area contributed by atoms with E-state index >= 15 is 0 Å². The van der Waals surface area contributed by atoms with Gasteiger partial charge in [-0.2, -0.15) is 5.26 Å². The molecule has 0 aliphatic carbocycles. The van der Waals surface area contributed by atoms with E-state index in [0.29, 0.717) is 6.54 Å². The summed E-state index contributed by atoms with van der Waals surface area (Å²) in [7, 11) is 0. The van der Waals surface area contributed by atoms with Gasteiger partial charge in [0.25, 0.3) is 5.82 Å². The van der Waals surface area contributed by atoms with Crippen LogP contribution in [-0.4, -0.2) is 14.8 Å². The van der Waals surface area contributed by atoms with Gasteiger partial charge in [-0.25, -0.2) is 9.67 Å². The van der Waals surface area contributed by atoms with Crippen LogP contribution in [0.3, 0.4) is 0 Å². The van der Waals surface area contributed by atoms with Crippen molar-refractivity contribution in [1.29, 1.82) is 5.26 Å². The van der Waals surface area contributed by atoms with Gasteiger partial charge in [0.1, 0.15) is 12.4 Å². The Bertz CT molecular complexity index is 555. The van der Waals surface area contributed by atoms with Crippen molar-refractivity contribution in [2.75, 3.05) is 0 Å². The Balaban J connectivity index is 2.45. The summed E-state index contributed by atoms with van der Waals surface area (Å²) in [4.78, 5) is 3.84. The summed E-state index contributed by atoms with van der Waals surface area (Å²) in [5.41, 5.74) is 7.38. The lowest BCUT2D eigenvalue weighted by Gasteiger charge is -2.05. The standard InChI is InChI=1S/C10H8BrN5/c11-8-3-7(4-12)1-2-9(8)16-6-14-10(5-13)15-16/h1-3,6H,4,12H2. The topological polar surface area (TPSA) is 80.5 Å². The molecule has 0 bridgehead atoms. The summed E-state index contributed by atoms with van der Waals surface area (Å²) in [5, 5.41) is 12.6. The van der Waals surface area contributed by atoms with Gasteiger partial charge in [-0.05, 0) is 33.6 Å². The highest BCUT2D eigenvalue weighted by molar-refractivity contribution is 9.10. The molecule has 0 unspecified atom stereocenters. The number of nitriles is 1. The zero-order chi connectivity index (χ0) is 11.5. The van der Waals surface area contributed by atoms with E-state index in [4.69, 9.17) is 11.0 Å². The minimum atomic E-state index is 0.148. The smallest absolute Gasteiger partial charge is 0.252 e. The summed E-state index contributed by atoms with van der Waals surface area (Å²) in [6, 6.07) is 7.59. The van der Waals surface area contributed by atoms with Crippen molar-refractivity contribution in [3.8, 4) is 11.8 Å². The number of rotatable bonds is 2. The van der Waals surface area contributed by atoms with Gasteiger partial charge in [0.05, 0.1) is 5.69 Å². The summed E-state index contributed by atoms with van der Waals surface area (Å²) in [5.74, 6) is 0.148. The number of hydrogen-bond acceptors (Lipinski definition) is 4. The van der Waals surface area contributed by atoms with Crippen LogP contribution in [-0.2, 0) is 6.54 Å². The van der Waals surface area contributed by atoms with Crippen molar-refractivity contribution in [1.82, 2.24) is 14.8 Å². The van der Waals surface area contributed by atoms with Crippen molar-refractivity contribution < 1.29 is 0 Å². The number of benzene rings is 1.